The van der Waals surface area contributed by atoms with Gasteiger partial charge in [-0.1, -0.05) is 26.7 Å². The Bertz CT molecular complexity index is 106. The first-order valence-corrected chi connectivity index (χ1v) is 6.07. The third kappa shape index (κ3) is 7.33. The normalized spacial score (nSPS) is 15.7. The van der Waals surface area contributed by atoms with Gasteiger partial charge in [-0.2, -0.15) is 0 Å². The Morgan fingerprint density at radius 3 is 2.38 bits per heavy atom. The third-order valence-corrected chi connectivity index (χ3v) is 2.79. The van der Waals surface area contributed by atoms with Crippen LogP contribution in [0.15, 0.2) is 0 Å². The van der Waals surface area contributed by atoms with Gasteiger partial charge < -0.3 is 5.32 Å². The van der Waals surface area contributed by atoms with Crippen LogP contribution >= 0.6 is 11.6 Å². The average molecular weight is 206 g/mol. The predicted octanol–water partition coefficient (Wildman–Crippen LogP) is 3.42. The summed E-state index contributed by atoms with van der Waals surface area (Å²) in [5.41, 5.74) is 0. The van der Waals surface area contributed by atoms with E-state index in [2.05, 4.69) is 26.1 Å². The van der Waals surface area contributed by atoms with E-state index < -0.39 is 0 Å². The second kappa shape index (κ2) is 8.83. The number of rotatable bonds is 8. The lowest BCUT2D eigenvalue weighted by Crippen LogP contribution is -2.31. The largest absolute Gasteiger partial charge is 0.314 e. The van der Waals surface area contributed by atoms with Crippen molar-refractivity contribution in [2.75, 3.05) is 12.4 Å². The molecule has 0 aromatic rings. The maximum Gasteiger partial charge on any atom is 0.0226 e. The zero-order valence-corrected chi connectivity index (χ0v) is 10.0. The number of hydrogen-bond donors (Lipinski definition) is 1. The van der Waals surface area contributed by atoms with Crippen LogP contribution in [0.4, 0.5) is 0 Å². The Kier molecular flexibility index (Phi) is 9.00. The molecule has 1 nitrogen and oxygen atoms in total. The summed E-state index contributed by atoms with van der Waals surface area (Å²) < 4.78 is 0. The molecule has 0 aliphatic carbocycles. The first-order chi connectivity index (χ1) is 6.24. The second-order valence-corrected chi connectivity index (χ2v) is 4.23. The summed E-state index contributed by atoms with van der Waals surface area (Å²) >= 11 is 5.72. The second-order valence-electron chi connectivity index (χ2n) is 3.85. The SMILES string of the molecule is CCCC(C)NCC(CC)CCCl. The summed E-state index contributed by atoms with van der Waals surface area (Å²) in [6, 6.07) is 0.661. The van der Waals surface area contributed by atoms with E-state index in [1.54, 1.807) is 0 Å². The molecule has 2 unspecified atom stereocenters. The van der Waals surface area contributed by atoms with Crippen molar-refractivity contribution >= 4 is 11.6 Å². The standard InChI is InChI=1S/C11H24ClN/c1-4-6-10(3)13-9-11(5-2)7-8-12/h10-11,13H,4-9H2,1-3H3. The summed E-state index contributed by atoms with van der Waals surface area (Å²) in [7, 11) is 0. The third-order valence-electron chi connectivity index (χ3n) is 2.57. The summed E-state index contributed by atoms with van der Waals surface area (Å²) in [5.74, 6) is 1.55. The van der Waals surface area contributed by atoms with Crippen LogP contribution < -0.4 is 5.32 Å². The average Bonchev–Trinajstić information content (AvgIpc) is 2.12. The number of nitrogens with one attached hydrogen (secondary N) is 1. The molecule has 0 bridgehead atoms. The quantitative estimate of drug-likeness (QED) is 0.599. The van der Waals surface area contributed by atoms with Crippen molar-refractivity contribution in [1.82, 2.24) is 5.32 Å². The molecule has 0 rings (SSSR count). The molecule has 0 heterocycles. The van der Waals surface area contributed by atoms with Crippen molar-refractivity contribution in [3.8, 4) is 0 Å². The first kappa shape index (κ1) is 13.2. The molecule has 0 aliphatic heterocycles. The molecule has 0 saturated heterocycles. The highest BCUT2D eigenvalue weighted by Crippen LogP contribution is 2.08. The molecule has 0 aliphatic rings. The molecular weight excluding hydrogens is 182 g/mol. The lowest BCUT2D eigenvalue weighted by molar-refractivity contribution is 0.407. The topological polar surface area (TPSA) is 12.0 Å². The van der Waals surface area contributed by atoms with E-state index in [1.165, 1.54) is 19.3 Å². The zero-order chi connectivity index (χ0) is 10.1. The van der Waals surface area contributed by atoms with E-state index in [0.29, 0.717) is 6.04 Å². The lowest BCUT2D eigenvalue weighted by atomic mass is 10.0. The summed E-state index contributed by atoms with van der Waals surface area (Å²) in [6.07, 6.45) is 4.92. The highest BCUT2D eigenvalue weighted by atomic mass is 35.5. The number of halogens is 1. The Labute approximate surface area is 88.2 Å². The molecule has 2 atom stereocenters. The molecule has 0 aromatic heterocycles. The molecule has 0 spiro atoms. The molecule has 0 amide bonds. The van der Waals surface area contributed by atoms with Crippen LogP contribution in [0.2, 0.25) is 0 Å². The smallest absolute Gasteiger partial charge is 0.0226 e. The van der Waals surface area contributed by atoms with Gasteiger partial charge in [0.1, 0.15) is 0 Å². The highest BCUT2D eigenvalue weighted by Gasteiger charge is 2.06. The molecule has 80 valence electrons. The van der Waals surface area contributed by atoms with Crippen molar-refractivity contribution in [3.63, 3.8) is 0 Å². The van der Waals surface area contributed by atoms with E-state index in [4.69, 9.17) is 11.6 Å². The first-order valence-electron chi connectivity index (χ1n) is 5.53. The van der Waals surface area contributed by atoms with Crippen LogP contribution in [0, 0.1) is 5.92 Å². The van der Waals surface area contributed by atoms with Gasteiger partial charge in [-0.3, -0.25) is 0 Å². The maximum atomic E-state index is 5.72. The Morgan fingerprint density at radius 1 is 1.23 bits per heavy atom. The molecule has 0 aromatic carbocycles. The van der Waals surface area contributed by atoms with E-state index in [0.717, 1.165) is 24.8 Å². The van der Waals surface area contributed by atoms with Crippen molar-refractivity contribution in [1.29, 1.82) is 0 Å². The van der Waals surface area contributed by atoms with Crippen molar-refractivity contribution in [2.24, 2.45) is 5.92 Å². The monoisotopic (exact) mass is 205 g/mol. The van der Waals surface area contributed by atoms with Crippen LogP contribution in [0.5, 0.6) is 0 Å². The van der Waals surface area contributed by atoms with Gasteiger partial charge in [0.25, 0.3) is 0 Å². The molecule has 2 heteroatoms. The minimum Gasteiger partial charge on any atom is -0.314 e. The molecule has 0 fully saturated rings. The fourth-order valence-corrected chi connectivity index (χ4v) is 1.82. The van der Waals surface area contributed by atoms with Crippen LogP contribution in [-0.4, -0.2) is 18.5 Å². The fourth-order valence-electron chi connectivity index (χ4n) is 1.51. The van der Waals surface area contributed by atoms with Gasteiger partial charge in [-0.15, -0.1) is 11.6 Å². The van der Waals surface area contributed by atoms with Crippen molar-refractivity contribution in [3.05, 3.63) is 0 Å². The Balaban J connectivity index is 3.46. The van der Waals surface area contributed by atoms with Gasteiger partial charge >= 0.3 is 0 Å². The Hall–Kier alpha value is 0.250. The van der Waals surface area contributed by atoms with E-state index in [-0.39, 0.29) is 0 Å². The van der Waals surface area contributed by atoms with E-state index in [9.17, 15) is 0 Å². The van der Waals surface area contributed by atoms with Crippen LogP contribution in [0.25, 0.3) is 0 Å². The summed E-state index contributed by atoms with van der Waals surface area (Å²) in [5, 5.41) is 3.56. The van der Waals surface area contributed by atoms with Crippen molar-refractivity contribution in [2.45, 2.75) is 52.5 Å². The van der Waals surface area contributed by atoms with Gasteiger partial charge in [-0.05, 0) is 32.2 Å². The summed E-state index contributed by atoms with van der Waals surface area (Å²) in [4.78, 5) is 0. The van der Waals surface area contributed by atoms with Crippen molar-refractivity contribution < 1.29 is 0 Å². The van der Waals surface area contributed by atoms with E-state index in [1.807, 2.05) is 0 Å². The van der Waals surface area contributed by atoms with Gasteiger partial charge in [-0.25, -0.2) is 0 Å². The van der Waals surface area contributed by atoms with Gasteiger partial charge in [0.2, 0.25) is 0 Å². The highest BCUT2D eigenvalue weighted by molar-refractivity contribution is 6.17. The zero-order valence-electron chi connectivity index (χ0n) is 9.28. The molecule has 0 saturated carbocycles. The van der Waals surface area contributed by atoms with Gasteiger partial charge in [0.05, 0.1) is 0 Å². The van der Waals surface area contributed by atoms with Crippen LogP contribution in [0.1, 0.15) is 46.5 Å². The molecule has 1 N–H and O–H groups in total. The van der Waals surface area contributed by atoms with E-state index >= 15 is 0 Å². The minimum absolute atomic E-state index is 0.661. The molecule has 0 radical (unpaired) electrons. The van der Waals surface area contributed by atoms with Gasteiger partial charge in [0, 0.05) is 11.9 Å². The number of hydrogen-bond acceptors (Lipinski definition) is 1. The lowest BCUT2D eigenvalue weighted by Gasteiger charge is -2.18. The maximum absolute atomic E-state index is 5.72. The number of alkyl halides is 1. The molecular formula is C11H24ClN. The minimum atomic E-state index is 0.661. The summed E-state index contributed by atoms with van der Waals surface area (Å²) in [6.45, 7) is 7.86. The fraction of sp³-hybridized carbons (Fsp3) is 1.00. The predicted molar refractivity (Wildman–Crippen MR) is 61.5 cm³/mol. The molecule has 13 heavy (non-hydrogen) atoms. The van der Waals surface area contributed by atoms with Crippen LogP contribution in [-0.2, 0) is 0 Å². The van der Waals surface area contributed by atoms with Gasteiger partial charge in [0.15, 0.2) is 0 Å². The van der Waals surface area contributed by atoms with Crippen LogP contribution in [0.3, 0.4) is 0 Å². The Morgan fingerprint density at radius 2 is 1.92 bits per heavy atom.